The van der Waals surface area contributed by atoms with Crippen LogP contribution in [0.1, 0.15) is 17.3 Å². The molecule has 14 heavy (non-hydrogen) atoms. The third kappa shape index (κ3) is 2.35. The Bertz CT molecular complexity index is 366. The molecule has 0 saturated carbocycles. The summed E-state index contributed by atoms with van der Waals surface area (Å²) >= 11 is 15.8. The lowest BCUT2D eigenvalue weighted by Gasteiger charge is -2.07. The first kappa shape index (κ1) is 11.7. The summed E-state index contributed by atoms with van der Waals surface area (Å²) in [6.45, 7) is 1.99. The van der Waals surface area contributed by atoms with Gasteiger partial charge in [0.15, 0.2) is 0 Å². The largest absolute Gasteiger partial charge is 0.462 e. The van der Waals surface area contributed by atoms with Gasteiger partial charge in [0.05, 0.1) is 22.2 Å². The quantitative estimate of drug-likeness (QED) is 0.643. The highest BCUT2D eigenvalue weighted by molar-refractivity contribution is 7.80. The van der Waals surface area contributed by atoms with E-state index in [0.29, 0.717) is 4.90 Å². The Morgan fingerprint density at radius 1 is 1.50 bits per heavy atom. The SMILES string of the molecule is CCOC(=O)c1c(Cl)ccc(S)c1Cl. The van der Waals surface area contributed by atoms with Gasteiger partial charge in [-0.15, -0.1) is 12.6 Å². The number of rotatable bonds is 2. The minimum Gasteiger partial charge on any atom is -0.462 e. The molecule has 0 aliphatic carbocycles. The van der Waals surface area contributed by atoms with Crippen molar-refractivity contribution in [3.8, 4) is 0 Å². The fraction of sp³-hybridized carbons (Fsp3) is 0.222. The highest BCUT2D eigenvalue weighted by atomic mass is 35.5. The summed E-state index contributed by atoms with van der Waals surface area (Å²) in [5.74, 6) is -0.529. The highest BCUT2D eigenvalue weighted by Gasteiger charge is 2.17. The van der Waals surface area contributed by atoms with Crippen LogP contribution in [0, 0.1) is 0 Å². The second kappa shape index (κ2) is 4.91. The van der Waals surface area contributed by atoms with Crippen molar-refractivity contribution in [2.45, 2.75) is 11.8 Å². The van der Waals surface area contributed by atoms with E-state index in [9.17, 15) is 4.79 Å². The van der Waals surface area contributed by atoms with Crippen molar-refractivity contribution >= 4 is 41.8 Å². The summed E-state index contributed by atoms with van der Waals surface area (Å²) in [4.78, 5) is 11.9. The van der Waals surface area contributed by atoms with E-state index >= 15 is 0 Å². The van der Waals surface area contributed by atoms with Crippen molar-refractivity contribution in [1.82, 2.24) is 0 Å². The Morgan fingerprint density at radius 3 is 2.71 bits per heavy atom. The number of halogens is 2. The van der Waals surface area contributed by atoms with E-state index in [2.05, 4.69) is 12.6 Å². The van der Waals surface area contributed by atoms with Crippen LogP contribution >= 0.6 is 35.8 Å². The van der Waals surface area contributed by atoms with Gasteiger partial charge in [-0.05, 0) is 19.1 Å². The molecule has 0 unspecified atom stereocenters. The van der Waals surface area contributed by atoms with Gasteiger partial charge in [-0.25, -0.2) is 4.79 Å². The molecule has 76 valence electrons. The fourth-order valence-electron chi connectivity index (χ4n) is 0.932. The molecule has 0 spiro atoms. The van der Waals surface area contributed by atoms with Crippen LogP contribution in [-0.4, -0.2) is 12.6 Å². The third-order valence-electron chi connectivity index (χ3n) is 1.55. The van der Waals surface area contributed by atoms with Gasteiger partial charge >= 0.3 is 5.97 Å². The van der Waals surface area contributed by atoms with E-state index < -0.39 is 5.97 Å². The molecule has 0 aliphatic rings. The molecule has 0 fully saturated rings. The number of esters is 1. The summed E-state index contributed by atoms with van der Waals surface area (Å²) in [5.41, 5.74) is 0.169. The second-order valence-corrected chi connectivity index (χ2v) is 3.74. The number of benzene rings is 1. The van der Waals surface area contributed by atoms with E-state index in [1.807, 2.05) is 0 Å². The van der Waals surface area contributed by atoms with E-state index in [4.69, 9.17) is 27.9 Å². The Labute approximate surface area is 97.6 Å². The van der Waals surface area contributed by atoms with Gasteiger partial charge in [0.2, 0.25) is 0 Å². The van der Waals surface area contributed by atoms with Crippen LogP contribution in [0.3, 0.4) is 0 Å². The zero-order valence-electron chi connectivity index (χ0n) is 7.38. The van der Waals surface area contributed by atoms with E-state index in [0.717, 1.165) is 0 Å². The average Bonchev–Trinajstić information content (AvgIpc) is 2.13. The topological polar surface area (TPSA) is 26.3 Å². The summed E-state index contributed by atoms with van der Waals surface area (Å²) in [7, 11) is 0. The predicted molar refractivity (Wildman–Crippen MR) is 59.7 cm³/mol. The summed E-state index contributed by atoms with van der Waals surface area (Å²) in [6.07, 6.45) is 0. The maximum Gasteiger partial charge on any atom is 0.341 e. The lowest BCUT2D eigenvalue weighted by Crippen LogP contribution is -2.06. The molecule has 0 amide bonds. The van der Waals surface area contributed by atoms with Gasteiger partial charge in [0, 0.05) is 4.90 Å². The molecule has 1 aromatic carbocycles. The van der Waals surface area contributed by atoms with Crippen molar-refractivity contribution in [1.29, 1.82) is 0 Å². The summed E-state index contributed by atoms with van der Waals surface area (Å²) in [5, 5.41) is 0.491. The smallest absolute Gasteiger partial charge is 0.341 e. The zero-order valence-corrected chi connectivity index (χ0v) is 9.79. The number of carbonyl (C=O) groups excluding carboxylic acids is 1. The Hall–Kier alpha value is -0.380. The molecule has 5 heteroatoms. The number of carbonyl (C=O) groups is 1. The van der Waals surface area contributed by atoms with Crippen LogP contribution in [0.25, 0.3) is 0 Å². The molecule has 0 N–H and O–H groups in total. The molecule has 1 aromatic rings. The molecule has 2 nitrogen and oxygen atoms in total. The molecule has 0 aliphatic heterocycles. The first-order valence-corrected chi connectivity index (χ1v) is 5.12. The normalized spacial score (nSPS) is 10.0. The van der Waals surface area contributed by atoms with Crippen LogP contribution in [0.15, 0.2) is 17.0 Å². The van der Waals surface area contributed by atoms with Gasteiger partial charge in [0.25, 0.3) is 0 Å². The molecule has 0 aromatic heterocycles. The van der Waals surface area contributed by atoms with E-state index in [-0.39, 0.29) is 22.2 Å². The van der Waals surface area contributed by atoms with Gasteiger partial charge in [-0.3, -0.25) is 0 Å². The zero-order chi connectivity index (χ0) is 10.7. The summed E-state index contributed by atoms with van der Waals surface area (Å²) in [6, 6.07) is 3.18. The van der Waals surface area contributed by atoms with Gasteiger partial charge < -0.3 is 4.74 Å². The minimum atomic E-state index is -0.529. The minimum absolute atomic E-state index is 0.169. The highest BCUT2D eigenvalue weighted by Crippen LogP contribution is 2.30. The van der Waals surface area contributed by atoms with Crippen LogP contribution in [0.5, 0.6) is 0 Å². The molecular formula is C9H8Cl2O2S. The Balaban J connectivity index is 3.18. The molecule has 0 heterocycles. The molecule has 0 atom stereocenters. The van der Waals surface area contributed by atoms with Gasteiger partial charge in [0.1, 0.15) is 0 Å². The van der Waals surface area contributed by atoms with Crippen molar-refractivity contribution in [3.05, 3.63) is 27.7 Å². The van der Waals surface area contributed by atoms with E-state index in [1.54, 1.807) is 19.1 Å². The first-order valence-electron chi connectivity index (χ1n) is 3.92. The number of ether oxygens (including phenoxy) is 1. The predicted octanol–water partition coefficient (Wildman–Crippen LogP) is 3.46. The maximum absolute atomic E-state index is 11.4. The van der Waals surface area contributed by atoms with Crippen LogP contribution < -0.4 is 0 Å². The third-order valence-corrected chi connectivity index (χ3v) is 2.76. The van der Waals surface area contributed by atoms with Gasteiger partial charge in [-0.2, -0.15) is 0 Å². The van der Waals surface area contributed by atoms with Crippen molar-refractivity contribution in [3.63, 3.8) is 0 Å². The van der Waals surface area contributed by atoms with Crippen molar-refractivity contribution < 1.29 is 9.53 Å². The standard InChI is InChI=1S/C9H8Cl2O2S/c1-2-13-9(12)7-5(10)3-4-6(14)8(7)11/h3-4,14H,2H2,1H3. The van der Waals surface area contributed by atoms with Crippen LogP contribution in [0.4, 0.5) is 0 Å². The number of thiol groups is 1. The number of hydrogen-bond acceptors (Lipinski definition) is 3. The monoisotopic (exact) mass is 250 g/mol. The Morgan fingerprint density at radius 2 is 2.14 bits per heavy atom. The molecular weight excluding hydrogens is 243 g/mol. The van der Waals surface area contributed by atoms with Crippen LogP contribution in [-0.2, 0) is 4.74 Å². The van der Waals surface area contributed by atoms with Gasteiger partial charge in [-0.1, -0.05) is 23.2 Å². The van der Waals surface area contributed by atoms with Crippen molar-refractivity contribution in [2.24, 2.45) is 0 Å². The van der Waals surface area contributed by atoms with Crippen LogP contribution in [0.2, 0.25) is 10.0 Å². The lowest BCUT2D eigenvalue weighted by molar-refractivity contribution is 0.0526. The molecule has 0 radical (unpaired) electrons. The van der Waals surface area contributed by atoms with E-state index in [1.165, 1.54) is 0 Å². The first-order chi connectivity index (χ1) is 6.57. The molecule has 1 rings (SSSR count). The second-order valence-electron chi connectivity index (χ2n) is 2.48. The Kier molecular flexibility index (Phi) is 4.11. The fourth-order valence-corrected chi connectivity index (χ4v) is 1.64. The average molecular weight is 251 g/mol. The number of hydrogen-bond donors (Lipinski definition) is 1. The lowest BCUT2D eigenvalue weighted by atomic mass is 10.2. The maximum atomic E-state index is 11.4. The van der Waals surface area contributed by atoms with Crippen molar-refractivity contribution in [2.75, 3.05) is 6.61 Å². The molecule has 0 saturated heterocycles. The summed E-state index contributed by atoms with van der Waals surface area (Å²) < 4.78 is 4.80. The molecule has 0 bridgehead atoms.